The molecule has 1 amide bonds. The molecular weight excluding hydrogens is 478 g/mol. The molecule has 2 atom stereocenters. The number of aliphatic hydroxyl groups excluding tert-OH is 2. The fourth-order valence-corrected chi connectivity index (χ4v) is 3.23. The summed E-state index contributed by atoms with van der Waals surface area (Å²) in [6.07, 6.45) is -1.53. The smallest absolute Gasteiger partial charge is 0.293 e. The molecule has 2 heterocycles. The number of hydrogen-bond donors (Lipinski definition) is 5. The normalized spacial score (nSPS) is 12.5. The van der Waals surface area contributed by atoms with Gasteiger partial charge in [-0.25, -0.2) is 13.8 Å². The molecule has 0 aliphatic rings. The molecule has 10 nitrogen and oxygen atoms in total. The summed E-state index contributed by atoms with van der Waals surface area (Å²) in [5.74, 6) is 2.45. The van der Waals surface area contributed by atoms with E-state index in [9.17, 15) is 33.4 Å². The molecule has 0 saturated heterocycles. The van der Waals surface area contributed by atoms with Gasteiger partial charge in [0, 0.05) is 29.9 Å². The number of H-pyrrole nitrogens is 1. The van der Waals surface area contributed by atoms with Crippen LogP contribution >= 0.6 is 0 Å². The summed E-state index contributed by atoms with van der Waals surface area (Å²) in [5.41, 5.74) is -0.385. The molecule has 0 aliphatic carbocycles. The van der Waals surface area contributed by atoms with Crippen molar-refractivity contribution in [1.29, 1.82) is 0 Å². The van der Waals surface area contributed by atoms with Gasteiger partial charge in [0.25, 0.3) is 17.5 Å². The number of aliphatic hydroxyl groups is 2. The van der Waals surface area contributed by atoms with E-state index in [-0.39, 0.29) is 12.2 Å². The molecule has 5 N–H and O–H groups in total. The molecule has 2 unspecified atom stereocenters. The minimum atomic E-state index is -2.83. The lowest BCUT2D eigenvalue weighted by Gasteiger charge is -2.18. The van der Waals surface area contributed by atoms with Gasteiger partial charge < -0.3 is 30.2 Å². The monoisotopic (exact) mass is 500 g/mol. The third kappa shape index (κ3) is 6.62. The van der Waals surface area contributed by atoms with Crippen molar-refractivity contribution in [2.75, 3.05) is 13.2 Å². The SMILES string of the molecule is O=C(NCC(F)F)C(Cn1ccc(C#Cc2ccc(C(O)CO)cc2)cc1=O)c1nc[nH]c(=O)c1O. The van der Waals surface area contributed by atoms with E-state index in [0.717, 1.165) is 10.9 Å². The Labute approximate surface area is 202 Å². The van der Waals surface area contributed by atoms with Crippen LogP contribution in [0.2, 0.25) is 0 Å². The van der Waals surface area contributed by atoms with Gasteiger partial charge in [0.05, 0.1) is 19.5 Å². The summed E-state index contributed by atoms with van der Waals surface area (Å²) in [6.45, 7) is -1.75. The summed E-state index contributed by atoms with van der Waals surface area (Å²) < 4.78 is 26.3. The van der Waals surface area contributed by atoms with Gasteiger partial charge in [-0.2, -0.15) is 0 Å². The number of pyridine rings is 1. The molecule has 0 saturated carbocycles. The number of halogens is 2. The molecule has 3 aromatic rings. The molecule has 0 bridgehead atoms. The summed E-state index contributed by atoms with van der Waals surface area (Å²) in [5, 5.41) is 30.7. The number of carbonyl (C=O) groups excluding carboxylic acids is 1. The van der Waals surface area contributed by atoms with E-state index in [1.54, 1.807) is 24.3 Å². The number of aromatic amines is 1. The van der Waals surface area contributed by atoms with Crippen molar-refractivity contribution in [2.45, 2.75) is 25.0 Å². The summed E-state index contributed by atoms with van der Waals surface area (Å²) in [7, 11) is 0. The minimum absolute atomic E-state index is 0.353. The van der Waals surface area contributed by atoms with Crippen LogP contribution in [0.3, 0.4) is 0 Å². The number of nitrogens with zero attached hydrogens (tertiary/aromatic N) is 2. The Hall–Kier alpha value is -4.34. The van der Waals surface area contributed by atoms with Gasteiger partial charge in [0.15, 0.2) is 0 Å². The first-order valence-corrected chi connectivity index (χ1v) is 10.6. The van der Waals surface area contributed by atoms with Crippen molar-refractivity contribution in [2.24, 2.45) is 0 Å². The van der Waals surface area contributed by atoms with Crippen LogP contribution in [0.25, 0.3) is 0 Å². The second kappa shape index (κ2) is 11.9. The van der Waals surface area contributed by atoms with E-state index in [1.807, 2.05) is 5.32 Å². The first-order valence-electron chi connectivity index (χ1n) is 10.6. The van der Waals surface area contributed by atoms with Gasteiger partial charge in [-0.15, -0.1) is 0 Å². The van der Waals surface area contributed by atoms with Crippen LogP contribution in [0.1, 0.15) is 34.4 Å². The Morgan fingerprint density at radius 3 is 2.47 bits per heavy atom. The van der Waals surface area contributed by atoms with Gasteiger partial charge >= 0.3 is 0 Å². The summed E-state index contributed by atoms with van der Waals surface area (Å²) in [4.78, 5) is 42.9. The number of carbonyl (C=O) groups is 1. The van der Waals surface area contributed by atoms with Gasteiger partial charge in [0.1, 0.15) is 17.7 Å². The molecule has 0 aliphatic heterocycles. The maximum absolute atomic E-state index is 12.7. The molecule has 188 valence electrons. The molecule has 0 fully saturated rings. The van der Waals surface area contributed by atoms with Crippen molar-refractivity contribution in [3.63, 3.8) is 0 Å². The highest BCUT2D eigenvalue weighted by molar-refractivity contribution is 5.83. The summed E-state index contributed by atoms with van der Waals surface area (Å²) in [6, 6.07) is 9.21. The van der Waals surface area contributed by atoms with Crippen LogP contribution in [-0.2, 0) is 11.3 Å². The molecule has 2 aromatic heterocycles. The third-order valence-corrected chi connectivity index (χ3v) is 5.13. The van der Waals surface area contributed by atoms with Crippen LogP contribution in [0.4, 0.5) is 8.78 Å². The Kier molecular flexibility index (Phi) is 8.66. The highest BCUT2D eigenvalue weighted by Crippen LogP contribution is 2.22. The maximum Gasteiger partial charge on any atom is 0.293 e. The first-order chi connectivity index (χ1) is 17.2. The number of nitrogens with one attached hydrogen (secondary N) is 2. The number of rotatable bonds is 8. The van der Waals surface area contributed by atoms with Crippen LogP contribution < -0.4 is 16.4 Å². The largest absolute Gasteiger partial charge is 0.502 e. The number of aromatic hydroxyl groups is 1. The minimum Gasteiger partial charge on any atom is -0.502 e. The second-order valence-corrected chi connectivity index (χ2v) is 7.63. The quantitative estimate of drug-likeness (QED) is 0.277. The van der Waals surface area contributed by atoms with E-state index in [4.69, 9.17) is 5.11 Å². The maximum atomic E-state index is 12.7. The average molecular weight is 500 g/mol. The van der Waals surface area contributed by atoms with E-state index < -0.39 is 54.4 Å². The molecule has 12 heteroatoms. The molecule has 0 radical (unpaired) electrons. The van der Waals surface area contributed by atoms with Gasteiger partial charge in [-0.1, -0.05) is 24.0 Å². The average Bonchev–Trinajstić information content (AvgIpc) is 2.87. The molecule has 1 aromatic carbocycles. The number of alkyl halides is 2. The lowest BCUT2D eigenvalue weighted by atomic mass is 10.0. The lowest BCUT2D eigenvalue weighted by Crippen LogP contribution is -2.37. The third-order valence-electron chi connectivity index (χ3n) is 5.13. The number of benzene rings is 1. The van der Waals surface area contributed by atoms with Gasteiger partial charge in [-0.05, 0) is 23.8 Å². The van der Waals surface area contributed by atoms with Crippen LogP contribution in [0.5, 0.6) is 5.75 Å². The Morgan fingerprint density at radius 2 is 1.83 bits per heavy atom. The standard InChI is InChI=1S/C24H22F2N4O6/c25-19(26)10-27-23(35)17(21-22(34)24(36)29-13-28-21)11-30-8-7-15(9-20(30)33)2-1-14-3-5-16(6-4-14)18(32)12-31/h3-9,13,17-19,31-32,34H,10-12H2,(H,27,35)(H,28,29,36). The molecule has 36 heavy (non-hydrogen) atoms. The van der Waals surface area contributed by atoms with E-state index in [1.165, 1.54) is 18.3 Å². The highest BCUT2D eigenvalue weighted by atomic mass is 19.3. The van der Waals surface area contributed by atoms with E-state index >= 15 is 0 Å². The zero-order valence-electron chi connectivity index (χ0n) is 18.7. The van der Waals surface area contributed by atoms with Crippen LogP contribution in [0.15, 0.2) is 58.5 Å². The number of hydrogen-bond acceptors (Lipinski definition) is 7. The molecular formula is C24H22F2N4O6. The predicted octanol–water partition coefficient (Wildman–Crippen LogP) is 0.228. The predicted molar refractivity (Wildman–Crippen MR) is 123 cm³/mol. The Morgan fingerprint density at radius 1 is 1.14 bits per heavy atom. The van der Waals surface area contributed by atoms with Crippen LogP contribution in [-0.4, -0.2) is 55.3 Å². The van der Waals surface area contributed by atoms with Gasteiger partial charge in [-0.3, -0.25) is 14.4 Å². The van der Waals surface area contributed by atoms with Crippen molar-refractivity contribution in [3.8, 4) is 17.6 Å². The van der Waals surface area contributed by atoms with Crippen molar-refractivity contribution in [3.05, 3.63) is 92.0 Å². The number of amides is 1. The number of aromatic nitrogens is 3. The zero-order chi connectivity index (χ0) is 26.2. The molecule has 0 spiro atoms. The highest BCUT2D eigenvalue weighted by Gasteiger charge is 2.27. The van der Waals surface area contributed by atoms with Crippen LogP contribution in [0, 0.1) is 11.8 Å². The van der Waals surface area contributed by atoms with E-state index in [2.05, 4.69) is 21.8 Å². The van der Waals surface area contributed by atoms with Crippen molar-refractivity contribution < 1.29 is 28.9 Å². The van der Waals surface area contributed by atoms with Gasteiger partial charge in [0.2, 0.25) is 11.7 Å². The fourth-order valence-electron chi connectivity index (χ4n) is 3.23. The molecule has 3 rings (SSSR count). The summed E-state index contributed by atoms with van der Waals surface area (Å²) >= 11 is 0. The van der Waals surface area contributed by atoms with Crippen molar-refractivity contribution in [1.82, 2.24) is 19.9 Å². The fraction of sp³-hybridized carbons (Fsp3) is 0.250. The Bertz CT molecular complexity index is 1390. The second-order valence-electron chi connectivity index (χ2n) is 7.63. The zero-order valence-corrected chi connectivity index (χ0v) is 18.7. The lowest BCUT2D eigenvalue weighted by molar-refractivity contribution is -0.123. The Balaban J connectivity index is 1.84. The topological polar surface area (TPSA) is 158 Å². The first kappa shape index (κ1) is 26.3. The van der Waals surface area contributed by atoms with E-state index in [0.29, 0.717) is 16.7 Å². The van der Waals surface area contributed by atoms with Crippen molar-refractivity contribution >= 4 is 5.91 Å².